The molecule has 4 heteroatoms. The molecular weight excluding hydrogens is 707 g/mol. The van der Waals surface area contributed by atoms with Gasteiger partial charge in [0.1, 0.15) is 11.6 Å². The minimum atomic E-state index is -2.89. The molecule has 1 N–H and O–H groups in total. The number of imidazole rings is 1. The number of fused-ring (bicyclic) bond motifs is 1. The summed E-state index contributed by atoms with van der Waals surface area (Å²) in [6.07, 6.45) is -0.573. The van der Waals surface area contributed by atoms with Crippen LogP contribution in [0.2, 0.25) is 0 Å². The number of para-hydroxylation sites is 1. The van der Waals surface area contributed by atoms with Crippen molar-refractivity contribution in [2.24, 2.45) is 0 Å². The maximum Gasteiger partial charge on any atom is 0.149 e. The Hall–Kier alpha value is -6.26. The molecule has 4 nitrogen and oxygen atoms in total. The predicted octanol–water partition coefficient (Wildman–Crippen LogP) is 14.6. The molecule has 0 aliphatic carbocycles. The maximum atomic E-state index is 12.3. The molecule has 0 saturated carbocycles. The highest BCUT2D eigenvalue weighted by atomic mass is 16.3. The quantitative estimate of drug-likeness (QED) is 0.167. The second-order valence-corrected chi connectivity index (χ2v) is 16.3. The van der Waals surface area contributed by atoms with Gasteiger partial charge in [-0.3, -0.25) is 9.55 Å². The first-order valence-electron chi connectivity index (χ1n) is 26.4. The zero-order valence-corrected chi connectivity index (χ0v) is 33.6. The minimum Gasteiger partial charge on any atom is -0.507 e. The molecule has 0 aliphatic rings. The standard InChI is InChI=1S/C54H53N3O/c1-33(2)40-29-46(34(3)4)52(58)48(30-40)53-56-51-45(21-16-22-50(51)57(53)44-25-35(5)36(6)47(32-44)38-19-14-11-15-20-38)41-26-42(28-43(27-41)54(7,8)9)49-31-39(23-24-55-49)37-17-12-10-13-18-37/h10-34,58H,1-9H3/i5D3,6D3,10D,12D,13D,17D,18D,23D,24D,31D. The Morgan fingerprint density at radius 3 is 2.17 bits per heavy atom. The molecule has 8 aromatic rings. The van der Waals surface area contributed by atoms with Gasteiger partial charge >= 0.3 is 0 Å². The molecule has 0 atom stereocenters. The first kappa shape index (κ1) is 25.2. The zero-order valence-electron chi connectivity index (χ0n) is 47.6. The van der Waals surface area contributed by atoms with Gasteiger partial charge in [-0.05, 0) is 135 Å². The zero-order chi connectivity index (χ0) is 52.8. The second kappa shape index (κ2) is 15.2. The predicted molar refractivity (Wildman–Crippen MR) is 244 cm³/mol. The lowest BCUT2D eigenvalue weighted by atomic mass is 9.83. The highest BCUT2D eigenvalue weighted by Crippen LogP contribution is 2.44. The third-order valence-corrected chi connectivity index (χ3v) is 10.6. The van der Waals surface area contributed by atoms with E-state index in [1.807, 2.05) is 72.7 Å². The molecule has 0 aliphatic heterocycles. The summed E-state index contributed by atoms with van der Waals surface area (Å²) in [4.78, 5) is 9.76. The van der Waals surface area contributed by atoms with Crippen LogP contribution in [-0.2, 0) is 5.41 Å². The number of aryl methyl sites for hydroxylation is 1. The number of benzene rings is 6. The molecule has 0 spiro atoms. The average Bonchev–Trinajstić information content (AvgIpc) is 3.71. The number of rotatable bonds is 8. The number of pyridine rings is 1. The normalized spacial score (nSPS) is 15.8. The number of nitrogens with zero attached hydrogens (tertiary/aromatic N) is 3. The molecule has 0 bridgehead atoms. The molecule has 0 amide bonds. The Balaban J connectivity index is 1.50. The monoisotopic (exact) mass is 774 g/mol. The van der Waals surface area contributed by atoms with E-state index in [-0.39, 0.29) is 57.0 Å². The molecule has 0 unspecified atom stereocenters. The van der Waals surface area contributed by atoms with E-state index in [2.05, 4.69) is 4.98 Å². The smallest absolute Gasteiger partial charge is 0.149 e. The molecule has 0 saturated heterocycles. The second-order valence-electron chi connectivity index (χ2n) is 16.3. The highest BCUT2D eigenvalue weighted by Gasteiger charge is 2.25. The summed E-state index contributed by atoms with van der Waals surface area (Å²) < 4.78 is 123. The van der Waals surface area contributed by atoms with Crippen LogP contribution in [0, 0.1) is 13.7 Å². The van der Waals surface area contributed by atoms with Gasteiger partial charge in [0.05, 0.1) is 33.3 Å². The number of aromatic nitrogens is 3. The molecule has 2 heterocycles. The summed E-state index contributed by atoms with van der Waals surface area (Å²) >= 11 is 0. The summed E-state index contributed by atoms with van der Waals surface area (Å²) in [7, 11) is 0. The minimum absolute atomic E-state index is 0.0177. The Kier molecular flexibility index (Phi) is 6.62. The van der Waals surface area contributed by atoms with E-state index in [0.29, 0.717) is 44.4 Å². The van der Waals surface area contributed by atoms with Crippen LogP contribution in [-0.4, -0.2) is 19.6 Å². The van der Waals surface area contributed by atoms with Crippen molar-refractivity contribution in [2.75, 3.05) is 0 Å². The lowest BCUT2D eigenvalue weighted by Crippen LogP contribution is -2.11. The number of hydrogen-bond acceptors (Lipinski definition) is 3. The van der Waals surface area contributed by atoms with Gasteiger partial charge in [0, 0.05) is 31.2 Å². The van der Waals surface area contributed by atoms with E-state index >= 15 is 0 Å². The van der Waals surface area contributed by atoms with Gasteiger partial charge in [0.15, 0.2) is 0 Å². The summed E-state index contributed by atoms with van der Waals surface area (Å²) in [5.41, 5.74) is 3.94. The van der Waals surface area contributed by atoms with Crippen molar-refractivity contribution in [2.45, 2.75) is 79.4 Å². The van der Waals surface area contributed by atoms with Crippen molar-refractivity contribution < 1.29 is 24.3 Å². The summed E-state index contributed by atoms with van der Waals surface area (Å²) in [5.74, 6) is 0.108. The van der Waals surface area contributed by atoms with Gasteiger partial charge in [-0.25, -0.2) is 4.98 Å². The van der Waals surface area contributed by atoms with Gasteiger partial charge in [-0.2, -0.15) is 0 Å². The summed E-state index contributed by atoms with van der Waals surface area (Å²) in [6.45, 7) is 8.27. The molecular formula is C54H53N3O. The largest absolute Gasteiger partial charge is 0.507 e. The van der Waals surface area contributed by atoms with Crippen LogP contribution in [0.3, 0.4) is 0 Å². The van der Waals surface area contributed by atoms with Gasteiger partial charge < -0.3 is 5.11 Å². The fourth-order valence-electron chi connectivity index (χ4n) is 7.31. The molecule has 2 aromatic heterocycles. The average molecular weight is 774 g/mol. The Bertz CT molecular complexity index is 3450. The van der Waals surface area contributed by atoms with Crippen LogP contribution < -0.4 is 0 Å². The van der Waals surface area contributed by atoms with Crippen molar-refractivity contribution in [3.05, 3.63) is 167 Å². The third-order valence-electron chi connectivity index (χ3n) is 10.6. The van der Waals surface area contributed by atoms with Crippen molar-refractivity contribution >= 4 is 11.0 Å². The van der Waals surface area contributed by atoms with Crippen molar-refractivity contribution in [3.63, 3.8) is 0 Å². The van der Waals surface area contributed by atoms with E-state index in [9.17, 15) is 6.48 Å². The number of phenols is 1. The molecule has 0 radical (unpaired) electrons. The van der Waals surface area contributed by atoms with Crippen LogP contribution in [0.5, 0.6) is 5.75 Å². The van der Waals surface area contributed by atoms with Crippen LogP contribution >= 0.6 is 0 Å². The first-order chi connectivity index (χ1) is 33.5. The van der Waals surface area contributed by atoms with Crippen LogP contribution in [0.1, 0.15) is 107 Å². The van der Waals surface area contributed by atoms with Crippen LogP contribution in [0.25, 0.3) is 72.7 Å². The van der Waals surface area contributed by atoms with Crippen LogP contribution in [0.4, 0.5) is 0 Å². The first-order valence-corrected chi connectivity index (χ1v) is 19.4. The Morgan fingerprint density at radius 2 is 1.47 bits per heavy atom. The van der Waals surface area contributed by atoms with Crippen LogP contribution in [0.15, 0.2) is 139 Å². The molecule has 0 fully saturated rings. The molecule has 290 valence electrons. The fraction of sp³-hybridized carbons (Fsp3) is 0.222. The van der Waals surface area contributed by atoms with E-state index in [1.54, 1.807) is 65.2 Å². The third kappa shape index (κ3) is 7.24. The Labute approximate surface area is 363 Å². The lowest BCUT2D eigenvalue weighted by molar-refractivity contribution is 0.466. The van der Waals surface area contributed by atoms with Gasteiger partial charge in [0.2, 0.25) is 0 Å². The molecule has 6 aromatic carbocycles. The molecule has 8 rings (SSSR count). The number of aromatic hydroxyl groups is 1. The van der Waals surface area contributed by atoms with Gasteiger partial charge in [-0.15, -0.1) is 0 Å². The van der Waals surface area contributed by atoms with E-state index in [0.717, 1.165) is 11.1 Å². The van der Waals surface area contributed by atoms with Gasteiger partial charge in [0.25, 0.3) is 0 Å². The summed E-state index contributed by atoms with van der Waals surface area (Å²) in [5, 5.41) is 12.3. The lowest BCUT2D eigenvalue weighted by Gasteiger charge is -2.22. The topological polar surface area (TPSA) is 50.9 Å². The number of phenolic OH excluding ortho intramolecular Hbond substituents is 1. The fourth-order valence-corrected chi connectivity index (χ4v) is 7.31. The van der Waals surface area contributed by atoms with Crippen molar-refractivity contribution in [1.82, 2.24) is 14.5 Å². The van der Waals surface area contributed by atoms with E-state index in [1.165, 1.54) is 6.07 Å². The molecule has 58 heavy (non-hydrogen) atoms. The van der Waals surface area contributed by atoms with E-state index < -0.39 is 73.2 Å². The highest BCUT2D eigenvalue weighted by molar-refractivity contribution is 5.97. The van der Waals surface area contributed by atoms with E-state index in [4.69, 9.17) is 22.8 Å². The van der Waals surface area contributed by atoms with Crippen molar-refractivity contribution in [1.29, 1.82) is 0 Å². The van der Waals surface area contributed by atoms with Crippen molar-refractivity contribution in [3.8, 4) is 67.5 Å². The Morgan fingerprint density at radius 1 is 0.690 bits per heavy atom. The summed E-state index contributed by atoms with van der Waals surface area (Å²) in [6, 6.07) is 22.3. The maximum absolute atomic E-state index is 12.3. The SMILES string of the molecule is [2H]c1nc(-c2cc(-c3cccc4c3nc(-c3cc(C(C)C)cc(C(C)C)c3O)n4-c3cc(-c4ccccc4)c(C([2H])([2H])[2H])c(C([2H])([2H])[2H])c3)cc(C(C)(C)C)c2)c([2H])c(-c2c([2H])c([2H])c([2H])c([2H])c2[2H])c1[2H]. The number of hydrogen-bond donors (Lipinski definition) is 1. The van der Waals surface area contributed by atoms with Gasteiger partial charge in [-0.1, -0.05) is 133 Å².